The second-order valence-corrected chi connectivity index (χ2v) is 13.4. The van der Waals surface area contributed by atoms with Crippen LogP contribution in [-0.4, -0.2) is 50.5 Å². The highest BCUT2D eigenvalue weighted by Crippen LogP contribution is 2.27. The van der Waals surface area contributed by atoms with Crippen LogP contribution >= 0.6 is 23.4 Å². The van der Waals surface area contributed by atoms with Crippen LogP contribution in [0, 0.1) is 6.92 Å². The maximum Gasteiger partial charge on any atom is 0.264 e. The lowest BCUT2D eigenvalue weighted by atomic mass is 10.0. The molecule has 4 aromatic rings. The zero-order valence-corrected chi connectivity index (χ0v) is 27.3. The fourth-order valence-corrected chi connectivity index (χ4v) is 6.79. The van der Waals surface area contributed by atoms with Gasteiger partial charge in [0.2, 0.25) is 11.8 Å². The van der Waals surface area contributed by atoms with E-state index in [9.17, 15) is 18.0 Å². The van der Waals surface area contributed by atoms with Crippen LogP contribution in [0.4, 0.5) is 5.69 Å². The van der Waals surface area contributed by atoms with Gasteiger partial charge in [-0.15, -0.1) is 11.8 Å². The molecule has 0 saturated carbocycles. The third kappa shape index (κ3) is 8.22. The van der Waals surface area contributed by atoms with Crippen molar-refractivity contribution in [2.24, 2.45) is 0 Å². The van der Waals surface area contributed by atoms with E-state index in [4.69, 9.17) is 11.6 Å². The van der Waals surface area contributed by atoms with E-state index in [1.165, 1.54) is 16.7 Å². The predicted octanol–water partition coefficient (Wildman–Crippen LogP) is 6.34. The highest BCUT2D eigenvalue weighted by molar-refractivity contribution is 7.98. The van der Waals surface area contributed by atoms with Crippen LogP contribution in [0.15, 0.2) is 113 Å². The molecule has 44 heavy (non-hydrogen) atoms. The summed E-state index contributed by atoms with van der Waals surface area (Å²) in [7, 11) is -4.17. The number of carbonyl (C=O) groups is 2. The third-order valence-electron chi connectivity index (χ3n) is 7.17. The molecule has 0 heterocycles. The number of likely N-dealkylation sites (N-methyl/N-ethyl adjacent to an activating group) is 1. The van der Waals surface area contributed by atoms with Crippen LogP contribution in [0.5, 0.6) is 0 Å². The molecule has 0 radical (unpaired) electrons. The van der Waals surface area contributed by atoms with Gasteiger partial charge in [0.15, 0.2) is 0 Å². The number of hydrogen-bond acceptors (Lipinski definition) is 5. The molecule has 2 amide bonds. The van der Waals surface area contributed by atoms with Crippen molar-refractivity contribution in [2.75, 3.05) is 23.7 Å². The fraction of sp³-hybridized carbons (Fsp3) is 0.235. The molecule has 0 aliphatic rings. The first-order chi connectivity index (χ1) is 21.1. The highest BCUT2D eigenvalue weighted by Gasteiger charge is 2.34. The first kappa shape index (κ1) is 33.1. The number of rotatable bonds is 13. The number of aryl methyl sites for hydroxylation is 1. The predicted molar refractivity (Wildman–Crippen MR) is 179 cm³/mol. The molecular formula is C34H36ClN3O4S2. The lowest BCUT2D eigenvalue weighted by molar-refractivity contribution is -0.140. The lowest BCUT2D eigenvalue weighted by Gasteiger charge is -2.34. The van der Waals surface area contributed by atoms with Gasteiger partial charge in [-0.2, -0.15) is 0 Å². The number of sulfonamides is 1. The quantitative estimate of drug-likeness (QED) is 0.171. The number of halogens is 1. The van der Waals surface area contributed by atoms with Gasteiger partial charge in [-0.1, -0.05) is 77.8 Å². The molecule has 1 atom stereocenters. The summed E-state index contributed by atoms with van der Waals surface area (Å²) in [6.45, 7) is 3.57. The largest absolute Gasteiger partial charge is 0.355 e. The molecule has 4 aromatic carbocycles. The van der Waals surface area contributed by atoms with E-state index in [1.54, 1.807) is 66.7 Å². The summed E-state index contributed by atoms with van der Waals surface area (Å²) in [5.74, 6) is -0.879. The first-order valence-electron chi connectivity index (χ1n) is 14.2. The number of thioether (sulfide) groups is 1. The molecule has 0 aliphatic carbocycles. The monoisotopic (exact) mass is 649 g/mol. The van der Waals surface area contributed by atoms with E-state index < -0.39 is 28.5 Å². The molecule has 0 saturated heterocycles. The highest BCUT2D eigenvalue weighted by atomic mass is 35.5. The van der Waals surface area contributed by atoms with Gasteiger partial charge in [-0.05, 0) is 73.7 Å². The number of carbonyl (C=O) groups excluding carboxylic acids is 2. The minimum atomic E-state index is -4.17. The minimum absolute atomic E-state index is 0.0113. The second kappa shape index (κ2) is 15.3. The van der Waals surface area contributed by atoms with Crippen molar-refractivity contribution in [3.63, 3.8) is 0 Å². The number of anilines is 1. The number of benzene rings is 4. The van der Waals surface area contributed by atoms with Crippen molar-refractivity contribution in [1.82, 2.24) is 10.2 Å². The molecule has 230 valence electrons. The molecule has 10 heteroatoms. The Bertz CT molecular complexity index is 1670. The van der Waals surface area contributed by atoms with Crippen molar-refractivity contribution in [3.8, 4) is 0 Å². The lowest BCUT2D eigenvalue weighted by Crippen LogP contribution is -2.53. The Morgan fingerprint density at radius 1 is 0.886 bits per heavy atom. The maximum absolute atomic E-state index is 14.4. The van der Waals surface area contributed by atoms with Gasteiger partial charge in [-0.25, -0.2) is 8.42 Å². The average Bonchev–Trinajstić information content (AvgIpc) is 3.03. The van der Waals surface area contributed by atoms with Crippen LogP contribution in [0.3, 0.4) is 0 Å². The molecular weight excluding hydrogens is 614 g/mol. The van der Waals surface area contributed by atoms with Gasteiger partial charge in [-0.3, -0.25) is 13.9 Å². The van der Waals surface area contributed by atoms with Gasteiger partial charge >= 0.3 is 0 Å². The summed E-state index contributed by atoms with van der Waals surface area (Å²) in [5.41, 5.74) is 2.79. The van der Waals surface area contributed by atoms with Gasteiger partial charge < -0.3 is 10.2 Å². The molecule has 0 bridgehead atoms. The Labute approximate surface area is 269 Å². The zero-order valence-electron chi connectivity index (χ0n) is 24.9. The topological polar surface area (TPSA) is 86.8 Å². The Morgan fingerprint density at radius 3 is 2.14 bits per heavy atom. The molecule has 0 spiro atoms. The van der Waals surface area contributed by atoms with Crippen molar-refractivity contribution >= 4 is 50.9 Å². The summed E-state index contributed by atoms with van der Waals surface area (Å²) >= 11 is 8.03. The molecule has 1 N–H and O–H groups in total. The van der Waals surface area contributed by atoms with Crippen LogP contribution in [0.1, 0.15) is 23.6 Å². The number of nitrogens with zero attached hydrogens (tertiary/aromatic N) is 2. The summed E-state index contributed by atoms with van der Waals surface area (Å²) in [4.78, 5) is 30.4. The Morgan fingerprint density at radius 2 is 1.52 bits per heavy atom. The smallest absolute Gasteiger partial charge is 0.264 e. The van der Waals surface area contributed by atoms with Crippen LogP contribution in [0.2, 0.25) is 5.02 Å². The first-order valence-corrected chi connectivity index (χ1v) is 17.3. The summed E-state index contributed by atoms with van der Waals surface area (Å²) in [6.07, 6.45) is 2.14. The fourth-order valence-electron chi connectivity index (χ4n) is 4.77. The van der Waals surface area contributed by atoms with E-state index in [0.29, 0.717) is 22.8 Å². The standard InChI is InChI=1S/C34H36ClN3O4S2/c1-4-36-34(40)32(22-26-10-6-5-7-11-26)37(23-27-12-8-9-13-31(27)35)33(39)24-38(28-16-14-25(2)15-17-28)44(41,42)30-20-18-29(43-3)19-21-30/h5-21,32H,4,22-24H2,1-3H3,(H,36,40). The second-order valence-electron chi connectivity index (χ2n) is 10.2. The van der Waals surface area contributed by atoms with Crippen molar-refractivity contribution < 1.29 is 18.0 Å². The van der Waals surface area contributed by atoms with Crippen LogP contribution < -0.4 is 9.62 Å². The molecule has 0 aromatic heterocycles. The maximum atomic E-state index is 14.4. The zero-order chi connectivity index (χ0) is 31.7. The minimum Gasteiger partial charge on any atom is -0.355 e. The van der Waals surface area contributed by atoms with E-state index in [2.05, 4.69) is 5.32 Å². The summed E-state index contributed by atoms with van der Waals surface area (Å²) in [6, 6.07) is 29.1. The van der Waals surface area contributed by atoms with Crippen molar-refractivity contribution in [2.45, 2.75) is 42.6 Å². The van der Waals surface area contributed by atoms with Crippen molar-refractivity contribution in [3.05, 3.63) is 125 Å². The van der Waals surface area contributed by atoms with Gasteiger partial charge in [0.05, 0.1) is 10.6 Å². The molecule has 0 fully saturated rings. The Kier molecular flexibility index (Phi) is 11.5. The van der Waals surface area contributed by atoms with Crippen LogP contribution in [0.25, 0.3) is 0 Å². The Hall–Kier alpha value is -3.79. The van der Waals surface area contributed by atoms with Gasteiger partial charge in [0.1, 0.15) is 12.6 Å². The van der Waals surface area contributed by atoms with Gasteiger partial charge in [0.25, 0.3) is 10.0 Å². The van der Waals surface area contributed by atoms with Gasteiger partial charge in [0, 0.05) is 29.4 Å². The van der Waals surface area contributed by atoms with E-state index in [0.717, 1.165) is 20.3 Å². The SMILES string of the molecule is CCNC(=O)C(Cc1ccccc1)N(Cc1ccccc1Cl)C(=O)CN(c1ccc(C)cc1)S(=O)(=O)c1ccc(SC)cc1. The van der Waals surface area contributed by atoms with E-state index >= 15 is 0 Å². The van der Waals surface area contributed by atoms with Crippen molar-refractivity contribution in [1.29, 1.82) is 0 Å². The van der Waals surface area contributed by atoms with E-state index in [-0.39, 0.29) is 23.8 Å². The summed E-state index contributed by atoms with van der Waals surface area (Å²) in [5, 5.41) is 3.30. The number of hydrogen-bond donors (Lipinski definition) is 1. The molecule has 7 nitrogen and oxygen atoms in total. The molecule has 4 rings (SSSR count). The summed E-state index contributed by atoms with van der Waals surface area (Å²) < 4.78 is 29.4. The average molecular weight is 650 g/mol. The molecule has 0 aliphatic heterocycles. The normalized spacial score (nSPS) is 11.9. The molecule has 1 unspecified atom stereocenters. The third-order valence-corrected chi connectivity index (χ3v) is 10.1. The number of amides is 2. The van der Waals surface area contributed by atoms with Crippen LogP contribution in [-0.2, 0) is 32.6 Å². The Balaban J connectivity index is 1.80. The van der Waals surface area contributed by atoms with E-state index in [1.807, 2.05) is 56.5 Å². The number of nitrogens with one attached hydrogen (secondary N) is 1.